The fourth-order valence-corrected chi connectivity index (χ4v) is 11.1. The number of benzene rings is 10. The predicted octanol–water partition coefficient (Wildman–Crippen LogP) is 16.3. The fourth-order valence-electron chi connectivity index (χ4n) is 9.98. The third-order valence-electron chi connectivity index (χ3n) is 13.0. The van der Waals surface area contributed by atoms with E-state index >= 15 is 0 Å². The number of aromatic nitrogens is 3. The molecule has 0 aliphatic rings. The molecule has 0 atom stereocenters. The van der Waals surface area contributed by atoms with E-state index in [0.717, 1.165) is 66.6 Å². The Morgan fingerprint density at radius 3 is 1.73 bits per heavy atom. The van der Waals surface area contributed by atoms with E-state index in [1.165, 1.54) is 63.5 Å². The van der Waals surface area contributed by atoms with E-state index in [-0.39, 0.29) is 0 Å². The van der Waals surface area contributed by atoms with Crippen molar-refractivity contribution in [3.63, 3.8) is 0 Å². The van der Waals surface area contributed by atoms with E-state index in [1.54, 1.807) is 0 Å². The van der Waals surface area contributed by atoms with Crippen LogP contribution in [-0.2, 0) is 0 Å². The van der Waals surface area contributed by atoms with Gasteiger partial charge in [-0.1, -0.05) is 133 Å². The van der Waals surface area contributed by atoms with Gasteiger partial charge in [-0.25, -0.2) is 9.97 Å². The van der Waals surface area contributed by atoms with Crippen LogP contribution >= 0.6 is 11.3 Å². The van der Waals surface area contributed by atoms with Crippen LogP contribution in [0.15, 0.2) is 205 Å². The normalized spacial score (nSPS) is 12.1. The standard InChI is InChI=1S/C58H33N3OS/c1-2-12-34(13-3-1)55-56(59-57-45-24-22-40(33-52(45)62-58(57)60-55)39-23-27-54-48(30-39)43-20-10-11-21-53(43)63-54)44-25-26-49(42-19-9-8-18-41(42)44)61-50-31-37-16-6-4-14-35(37)28-46(50)47-29-36-15-5-7-17-38(36)32-51(47)61/h1-33H. The van der Waals surface area contributed by atoms with Gasteiger partial charge >= 0.3 is 0 Å². The highest BCUT2D eigenvalue weighted by atomic mass is 32.1. The Kier molecular flexibility index (Phi) is 7.24. The van der Waals surface area contributed by atoms with Crippen LogP contribution in [0.1, 0.15) is 0 Å². The maximum Gasteiger partial charge on any atom is 0.246 e. The first kappa shape index (κ1) is 34.6. The molecule has 0 fully saturated rings. The number of furan rings is 1. The summed E-state index contributed by atoms with van der Waals surface area (Å²) in [5, 5.41) is 13.1. The monoisotopic (exact) mass is 819 g/mol. The maximum atomic E-state index is 6.63. The van der Waals surface area contributed by atoms with Crippen LogP contribution in [-0.4, -0.2) is 14.5 Å². The van der Waals surface area contributed by atoms with E-state index in [0.29, 0.717) is 5.71 Å². The zero-order chi connectivity index (χ0) is 41.2. The lowest BCUT2D eigenvalue weighted by molar-refractivity contribution is 0.654. The number of hydrogen-bond acceptors (Lipinski definition) is 4. The Labute approximate surface area is 364 Å². The molecule has 292 valence electrons. The van der Waals surface area contributed by atoms with Crippen molar-refractivity contribution in [3.8, 4) is 39.3 Å². The minimum Gasteiger partial charge on any atom is -0.436 e. The molecule has 14 aromatic rings. The van der Waals surface area contributed by atoms with Crippen LogP contribution in [0.5, 0.6) is 0 Å². The second kappa shape index (κ2) is 13.2. The molecule has 0 saturated carbocycles. The molecule has 0 radical (unpaired) electrons. The third kappa shape index (κ3) is 5.21. The SMILES string of the molecule is c1ccc(-c2nc3oc4cc(-c5ccc6sc7ccccc7c6c5)ccc4c3nc2-c2ccc(-n3c4cc5ccccc5cc4c4cc5ccccc5cc43)c3ccccc23)cc1. The molecule has 4 nitrogen and oxygen atoms in total. The van der Waals surface area contributed by atoms with Crippen LogP contribution in [0.4, 0.5) is 0 Å². The highest BCUT2D eigenvalue weighted by Crippen LogP contribution is 2.43. The molecule has 4 heterocycles. The van der Waals surface area contributed by atoms with Gasteiger partial charge in [-0.15, -0.1) is 11.3 Å². The predicted molar refractivity (Wildman–Crippen MR) is 265 cm³/mol. The van der Waals surface area contributed by atoms with E-state index < -0.39 is 0 Å². The van der Waals surface area contributed by atoms with Crippen LogP contribution in [0, 0.1) is 0 Å². The molecule has 0 aliphatic carbocycles. The smallest absolute Gasteiger partial charge is 0.246 e. The lowest BCUT2D eigenvalue weighted by atomic mass is 9.97. The van der Waals surface area contributed by atoms with Gasteiger partial charge in [0.05, 0.1) is 22.4 Å². The van der Waals surface area contributed by atoms with Crippen molar-refractivity contribution < 1.29 is 4.42 Å². The van der Waals surface area contributed by atoms with Crippen LogP contribution in [0.2, 0.25) is 0 Å². The third-order valence-corrected chi connectivity index (χ3v) is 14.1. The van der Waals surface area contributed by atoms with Gasteiger partial charge in [-0.3, -0.25) is 0 Å². The number of fused-ring (bicyclic) bond motifs is 12. The summed E-state index contributed by atoms with van der Waals surface area (Å²) in [6, 6.07) is 72.2. The topological polar surface area (TPSA) is 43.9 Å². The first-order valence-corrected chi connectivity index (χ1v) is 22.1. The second-order valence-electron chi connectivity index (χ2n) is 16.5. The zero-order valence-electron chi connectivity index (χ0n) is 33.7. The van der Waals surface area contributed by atoms with E-state index in [2.05, 4.69) is 199 Å². The number of nitrogens with zero attached hydrogens (tertiary/aromatic N) is 3. The molecular weight excluding hydrogens is 787 g/mol. The number of hydrogen-bond donors (Lipinski definition) is 0. The van der Waals surface area contributed by atoms with Gasteiger partial charge in [0.15, 0.2) is 0 Å². The van der Waals surface area contributed by atoms with E-state index in [9.17, 15) is 0 Å². The van der Waals surface area contributed by atoms with Gasteiger partial charge in [0.1, 0.15) is 16.8 Å². The molecule has 0 bridgehead atoms. The minimum atomic E-state index is 0.523. The zero-order valence-corrected chi connectivity index (χ0v) is 34.5. The Balaban J connectivity index is 0.988. The largest absolute Gasteiger partial charge is 0.436 e. The first-order valence-electron chi connectivity index (χ1n) is 21.3. The molecule has 0 unspecified atom stereocenters. The Hall–Kier alpha value is -8.12. The summed E-state index contributed by atoms with van der Waals surface area (Å²) in [4.78, 5) is 10.8. The van der Waals surface area contributed by atoms with Gasteiger partial charge in [-0.2, -0.15) is 0 Å². The van der Waals surface area contributed by atoms with Gasteiger partial charge in [0.25, 0.3) is 0 Å². The summed E-state index contributed by atoms with van der Waals surface area (Å²) in [6.45, 7) is 0. The molecule has 5 heteroatoms. The van der Waals surface area contributed by atoms with Gasteiger partial charge in [-0.05, 0) is 105 Å². The molecule has 0 aliphatic heterocycles. The molecule has 4 aromatic heterocycles. The van der Waals surface area contributed by atoms with Gasteiger partial charge in [0, 0.05) is 52.8 Å². The van der Waals surface area contributed by atoms with E-state index in [4.69, 9.17) is 14.4 Å². The summed E-state index contributed by atoms with van der Waals surface area (Å²) in [7, 11) is 0. The van der Waals surface area contributed by atoms with Crippen LogP contribution < -0.4 is 0 Å². The summed E-state index contributed by atoms with van der Waals surface area (Å²) in [5.41, 5.74) is 11.3. The van der Waals surface area contributed by atoms with Crippen molar-refractivity contribution in [1.29, 1.82) is 0 Å². The Morgan fingerprint density at radius 2 is 0.984 bits per heavy atom. The van der Waals surface area contributed by atoms with Crippen molar-refractivity contribution in [2.75, 3.05) is 0 Å². The quantitative estimate of drug-likeness (QED) is 0.178. The summed E-state index contributed by atoms with van der Waals surface area (Å²) in [5.74, 6) is 0. The lowest BCUT2D eigenvalue weighted by Gasteiger charge is -2.16. The van der Waals surface area contributed by atoms with Crippen LogP contribution in [0.25, 0.3) is 136 Å². The molecule has 0 N–H and O–H groups in total. The van der Waals surface area contributed by atoms with Gasteiger partial charge in [0.2, 0.25) is 5.71 Å². The van der Waals surface area contributed by atoms with Crippen LogP contribution in [0.3, 0.4) is 0 Å². The molecule has 0 saturated heterocycles. The summed E-state index contributed by atoms with van der Waals surface area (Å²) >= 11 is 1.84. The molecule has 0 spiro atoms. The molecular formula is C58H33N3OS. The van der Waals surface area contributed by atoms with Crippen molar-refractivity contribution in [2.45, 2.75) is 0 Å². The molecule has 10 aromatic carbocycles. The highest BCUT2D eigenvalue weighted by Gasteiger charge is 2.22. The number of thiophene rings is 1. The number of rotatable bonds is 4. The van der Waals surface area contributed by atoms with Crippen molar-refractivity contribution >= 4 is 108 Å². The Morgan fingerprint density at radius 1 is 0.381 bits per heavy atom. The first-order chi connectivity index (χ1) is 31.2. The lowest BCUT2D eigenvalue weighted by Crippen LogP contribution is -1.99. The minimum absolute atomic E-state index is 0.523. The Bertz CT molecular complexity index is 4120. The average Bonchev–Trinajstić information content (AvgIpc) is 4.00. The highest BCUT2D eigenvalue weighted by molar-refractivity contribution is 7.25. The van der Waals surface area contributed by atoms with E-state index in [1.807, 2.05) is 17.4 Å². The summed E-state index contributed by atoms with van der Waals surface area (Å²) in [6.07, 6.45) is 0. The molecule has 0 amide bonds. The fraction of sp³-hybridized carbons (Fsp3) is 0. The van der Waals surface area contributed by atoms with Crippen molar-refractivity contribution in [1.82, 2.24) is 14.5 Å². The van der Waals surface area contributed by atoms with Crippen molar-refractivity contribution in [3.05, 3.63) is 200 Å². The average molecular weight is 820 g/mol. The van der Waals surface area contributed by atoms with Gasteiger partial charge < -0.3 is 8.98 Å². The van der Waals surface area contributed by atoms with Crippen molar-refractivity contribution in [2.24, 2.45) is 0 Å². The maximum absolute atomic E-state index is 6.63. The second-order valence-corrected chi connectivity index (χ2v) is 17.6. The molecule has 14 rings (SSSR count). The molecule has 63 heavy (non-hydrogen) atoms. The summed E-state index contributed by atoms with van der Waals surface area (Å²) < 4.78 is 11.7.